The average Bonchev–Trinajstić information content (AvgIpc) is 2.34. The fraction of sp³-hybridized carbons (Fsp3) is 0.500. The molecule has 0 radical (unpaired) electrons. The van der Waals surface area contributed by atoms with E-state index in [9.17, 15) is 9.90 Å². The Labute approximate surface area is 118 Å². The van der Waals surface area contributed by atoms with Gasteiger partial charge < -0.3 is 14.6 Å². The van der Waals surface area contributed by atoms with Crippen LogP contribution in [0.5, 0.6) is 11.5 Å². The molecule has 1 aromatic rings. The molecule has 0 aliphatic carbocycles. The van der Waals surface area contributed by atoms with E-state index in [-0.39, 0.29) is 23.6 Å². The van der Waals surface area contributed by atoms with Crippen molar-refractivity contribution in [2.24, 2.45) is 0 Å². The standard InChI is InChI=1S/C14H20O4S/c1-9(2)19-13(8-18-10(3)15)11-6-5-7-12(17-4)14(11)16/h5-7,9,13,16H,8H2,1-4H3. The van der Waals surface area contributed by atoms with Gasteiger partial charge in [-0.3, -0.25) is 4.79 Å². The Morgan fingerprint density at radius 1 is 1.42 bits per heavy atom. The van der Waals surface area contributed by atoms with Crippen LogP contribution >= 0.6 is 11.8 Å². The molecule has 0 aromatic heterocycles. The van der Waals surface area contributed by atoms with Gasteiger partial charge in [-0.2, -0.15) is 0 Å². The third kappa shape index (κ3) is 4.67. The summed E-state index contributed by atoms with van der Waals surface area (Å²) < 4.78 is 10.2. The lowest BCUT2D eigenvalue weighted by molar-refractivity contribution is -0.140. The van der Waals surface area contributed by atoms with E-state index in [1.54, 1.807) is 17.8 Å². The molecule has 106 valence electrons. The number of ether oxygens (including phenoxy) is 2. The number of aromatic hydroxyl groups is 1. The van der Waals surface area contributed by atoms with Crippen molar-refractivity contribution < 1.29 is 19.4 Å². The number of esters is 1. The van der Waals surface area contributed by atoms with Gasteiger partial charge in [0.1, 0.15) is 6.61 Å². The molecule has 0 bridgehead atoms. The normalized spacial score (nSPS) is 12.3. The SMILES string of the molecule is COc1cccc(C(COC(C)=O)SC(C)C)c1O. The van der Waals surface area contributed by atoms with E-state index in [0.717, 1.165) is 5.56 Å². The van der Waals surface area contributed by atoms with E-state index >= 15 is 0 Å². The van der Waals surface area contributed by atoms with Gasteiger partial charge in [-0.05, 0) is 11.3 Å². The van der Waals surface area contributed by atoms with Crippen molar-refractivity contribution in [2.75, 3.05) is 13.7 Å². The second-order valence-electron chi connectivity index (χ2n) is 4.37. The summed E-state index contributed by atoms with van der Waals surface area (Å²) >= 11 is 1.64. The molecule has 0 saturated heterocycles. The van der Waals surface area contributed by atoms with Crippen molar-refractivity contribution in [2.45, 2.75) is 31.3 Å². The Kier molecular flexibility index (Phi) is 6.02. The molecule has 0 saturated carbocycles. The predicted octanol–water partition coefficient (Wildman–Crippen LogP) is 3.15. The van der Waals surface area contributed by atoms with Crippen LogP contribution in [0.3, 0.4) is 0 Å². The lowest BCUT2D eigenvalue weighted by Gasteiger charge is -2.20. The van der Waals surface area contributed by atoms with E-state index in [1.165, 1.54) is 14.0 Å². The number of para-hydroxylation sites is 1. The first-order chi connectivity index (χ1) is 8.95. The molecule has 0 aliphatic heterocycles. The number of hydrogen-bond acceptors (Lipinski definition) is 5. The zero-order chi connectivity index (χ0) is 14.4. The number of phenolic OH excluding ortho intramolecular Hbond substituents is 1. The highest BCUT2D eigenvalue weighted by Gasteiger charge is 2.21. The Morgan fingerprint density at radius 3 is 2.63 bits per heavy atom. The van der Waals surface area contributed by atoms with Gasteiger partial charge in [0.15, 0.2) is 11.5 Å². The van der Waals surface area contributed by atoms with Gasteiger partial charge in [-0.15, -0.1) is 11.8 Å². The molecule has 1 atom stereocenters. The lowest BCUT2D eigenvalue weighted by Crippen LogP contribution is -2.10. The highest BCUT2D eigenvalue weighted by atomic mass is 32.2. The van der Waals surface area contributed by atoms with Gasteiger partial charge in [0.05, 0.1) is 12.4 Å². The van der Waals surface area contributed by atoms with Crippen LogP contribution in [0.1, 0.15) is 31.6 Å². The summed E-state index contributed by atoms with van der Waals surface area (Å²) in [5.74, 6) is 0.210. The third-order valence-corrected chi connectivity index (χ3v) is 3.73. The number of benzene rings is 1. The zero-order valence-electron chi connectivity index (χ0n) is 11.7. The van der Waals surface area contributed by atoms with E-state index in [2.05, 4.69) is 13.8 Å². The summed E-state index contributed by atoms with van der Waals surface area (Å²) in [5.41, 5.74) is 0.722. The zero-order valence-corrected chi connectivity index (χ0v) is 12.5. The maximum Gasteiger partial charge on any atom is 0.302 e. The van der Waals surface area contributed by atoms with Crippen LogP contribution in [0.2, 0.25) is 0 Å². The Hall–Kier alpha value is -1.36. The molecule has 19 heavy (non-hydrogen) atoms. The molecule has 1 rings (SSSR count). The molecular formula is C14H20O4S. The van der Waals surface area contributed by atoms with Crippen molar-refractivity contribution in [1.82, 2.24) is 0 Å². The summed E-state index contributed by atoms with van der Waals surface area (Å²) in [4.78, 5) is 11.0. The molecule has 0 spiro atoms. The lowest BCUT2D eigenvalue weighted by atomic mass is 10.1. The first-order valence-electron chi connectivity index (χ1n) is 6.10. The van der Waals surface area contributed by atoms with Crippen LogP contribution in [0.25, 0.3) is 0 Å². The highest BCUT2D eigenvalue weighted by Crippen LogP contribution is 2.41. The molecular weight excluding hydrogens is 264 g/mol. The molecule has 0 fully saturated rings. The number of carbonyl (C=O) groups excluding carboxylic acids is 1. The minimum atomic E-state index is -0.322. The van der Waals surface area contributed by atoms with Crippen molar-refractivity contribution in [3.8, 4) is 11.5 Å². The molecule has 5 heteroatoms. The summed E-state index contributed by atoms with van der Waals surface area (Å²) in [6.45, 7) is 5.73. The summed E-state index contributed by atoms with van der Waals surface area (Å²) in [6.07, 6.45) is 0. The Morgan fingerprint density at radius 2 is 2.11 bits per heavy atom. The van der Waals surface area contributed by atoms with Crippen molar-refractivity contribution in [3.05, 3.63) is 23.8 Å². The largest absolute Gasteiger partial charge is 0.504 e. The summed E-state index contributed by atoms with van der Waals surface area (Å²) in [6, 6.07) is 5.33. The van der Waals surface area contributed by atoms with Crippen LogP contribution in [0.15, 0.2) is 18.2 Å². The number of methoxy groups -OCH3 is 1. The number of phenols is 1. The molecule has 1 unspecified atom stereocenters. The second-order valence-corrected chi connectivity index (χ2v) is 6.16. The smallest absolute Gasteiger partial charge is 0.302 e. The molecule has 1 aromatic carbocycles. The summed E-state index contributed by atoms with van der Waals surface area (Å²) in [5, 5.41) is 10.4. The fourth-order valence-corrected chi connectivity index (χ4v) is 2.83. The number of thioether (sulfide) groups is 1. The quantitative estimate of drug-likeness (QED) is 0.813. The molecule has 0 amide bonds. The maximum atomic E-state index is 11.0. The highest BCUT2D eigenvalue weighted by molar-refractivity contribution is 8.00. The van der Waals surface area contributed by atoms with Gasteiger partial charge in [0.25, 0.3) is 0 Å². The second kappa shape index (κ2) is 7.28. The van der Waals surface area contributed by atoms with Crippen molar-refractivity contribution in [3.63, 3.8) is 0 Å². The van der Waals surface area contributed by atoms with Gasteiger partial charge in [0.2, 0.25) is 0 Å². The van der Waals surface area contributed by atoms with Crippen molar-refractivity contribution >= 4 is 17.7 Å². The van der Waals surface area contributed by atoms with Crippen LogP contribution in [-0.4, -0.2) is 30.0 Å². The fourth-order valence-electron chi connectivity index (χ4n) is 1.69. The average molecular weight is 284 g/mol. The monoisotopic (exact) mass is 284 g/mol. The summed E-state index contributed by atoms with van der Waals surface area (Å²) in [7, 11) is 1.51. The number of carbonyl (C=O) groups is 1. The van der Waals surface area contributed by atoms with Crippen LogP contribution in [0, 0.1) is 0 Å². The van der Waals surface area contributed by atoms with Gasteiger partial charge in [0, 0.05) is 12.5 Å². The Balaban J connectivity index is 2.98. The van der Waals surface area contributed by atoms with Gasteiger partial charge in [-0.25, -0.2) is 0 Å². The van der Waals surface area contributed by atoms with Crippen LogP contribution < -0.4 is 4.74 Å². The Bertz CT molecular complexity index is 431. The number of hydrogen-bond donors (Lipinski definition) is 1. The molecule has 1 N–H and O–H groups in total. The van der Waals surface area contributed by atoms with E-state index in [0.29, 0.717) is 11.0 Å². The van der Waals surface area contributed by atoms with Crippen LogP contribution in [-0.2, 0) is 9.53 Å². The molecule has 0 heterocycles. The molecule has 4 nitrogen and oxygen atoms in total. The van der Waals surface area contributed by atoms with Crippen LogP contribution in [0.4, 0.5) is 0 Å². The van der Waals surface area contributed by atoms with Crippen molar-refractivity contribution in [1.29, 1.82) is 0 Å². The number of rotatable bonds is 6. The van der Waals surface area contributed by atoms with E-state index < -0.39 is 0 Å². The molecule has 0 aliphatic rings. The third-order valence-electron chi connectivity index (χ3n) is 2.47. The van der Waals surface area contributed by atoms with E-state index in [4.69, 9.17) is 9.47 Å². The van der Waals surface area contributed by atoms with E-state index in [1.807, 2.05) is 12.1 Å². The minimum absolute atomic E-state index is 0.107. The maximum absolute atomic E-state index is 11.0. The topological polar surface area (TPSA) is 55.8 Å². The predicted molar refractivity (Wildman–Crippen MR) is 76.8 cm³/mol. The minimum Gasteiger partial charge on any atom is -0.504 e. The first kappa shape index (κ1) is 15.7. The van der Waals surface area contributed by atoms with Gasteiger partial charge in [-0.1, -0.05) is 26.0 Å². The van der Waals surface area contributed by atoms with Gasteiger partial charge >= 0.3 is 5.97 Å². The first-order valence-corrected chi connectivity index (χ1v) is 7.04.